The molecule has 0 unspecified atom stereocenters. The number of para-hydroxylation sites is 1. The second-order valence-electron chi connectivity index (χ2n) is 5.31. The monoisotopic (exact) mass is 365 g/mol. The first-order chi connectivity index (χ1) is 11.4. The van der Waals surface area contributed by atoms with Crippen LogP contribution in [0.15, 0.2) is 42.5 Å². The van der Waals surface area contributed by atoms with Gasteiger partial charge in [-0.25, -0.2) is 0 Å². The van der Waals surface area contributed by atoms with Crippen LogP contribution in [0.4, 0.5) is 0 Å². The van der Waals surface area contributed by atoms with Gasteiger partial charge in [-0.1, -0.05) is 41.4 Å². The van der Waals surface area contributed by atoms with Crippen molar-refractivity contribution in [2.24, 2.45) is 0 Å². The number of hydrogen-bond donors (Lipinski definition) is 1. The molecule has 2 atom stereocenters. The molecule has 2 rings (SSSR count). The summed E-state index contributed by atoms with van der Waals surface area (Å²) < 4.78 is 5.59. The van der Waals surface area contributed by atoms with Gasteiger partial charge in [-0.3, -0.25) is 9.59 Å². The smallest absolute Gasteiger partial charge is 0.261 e. The summed E-state index contributed by atoms with van der Waals surface area (Å²) in [5, 5.41) is 3.85. The third-order valence-corrected chi connectivity index (χ3v) is 4.07. The Bertz CT molecular complexity index is 749. The molecule has 126 valence electrons. The lowest BCUT2D eigenvalue weighted by Gasteiger charge is -2.20. The summed E-state index contributed by atoms with van der Waals surface area (Å²) in [7, 11) is 0. The van der Waals surface area contributed by atoms with Crippen molar-refractivity contribution in [3.63, 3.8) is 0 Å². The summed E-state index contributed by atoms with van der Waals surface area (Å²) >= 11 is 12.0. The predicted molar refractivity (Wildman–Crippen MR) is 94.9 cm³/mol. The van der Waals surface area contributed by atoms with E-state index in [9.17, 15) is 9.59 Å². The molecule has 0 fully saturated rings. The molecule has 2 aromatic carbocycles. The molecule has 0 aromatic heterocycles. The van der Waals surface area contributed by atoms with Crippen LogP contribution < -0.4 is 10.1 Å². The lowest BCUT2D eigenvalue weighted by Crippen LogP contribution is -2.38. The van der Waals surface area contributed by atoms with Gasteiger partial charge in [0.15, 0.2) is 12.4 Å². The van der Waals surface area contributed by atoms with Gasteiger partial charge in [-0.05, 0) is 43.7 Å². The molecule has 0 saturated carbocycles. The summed E-state index contributed by atoms with van der Waals surface area (Å²) in [6.07, 6.45) is -0.0737. The highest BCUT2D eigenvalue weighted by Gasteiger charge is 2.20. The van der Waals surface area contributed by atoms with Crippen LogP contribution >= 0.6 is 23.2 Å². The number of aldehydes is 1. The molecule has 1 amide bonds. The maximum absolute atomic E-state index is 12.3. The fourth-order valence-corrected chi connectivity index (χ4v) is 2.76. The number of ether oxygens (including phenoxy) is 1. The fourth-order valence-electron chi connectivity index (χ4n) is 2.19. The molecular formula is C18H17Cl2NO3. The summed E-state index contributed by atoms with van der Waals surface area (Å²) in [6, 6.07) is 11.5. The molecule has 0 heterocycles. The largest absolute Gasteiger partial charge is 0.480 e. The number of rotatable bonds is 6. The Kier molecular flexibility index (Phi) is 6.23. The highest BCUT2D eigenvalue weighted by molar-refractivity contribution is 6.35. The van der Waals surface area contributed by atoms with Gasteiger partial charge < -0.3 is 10.1 Å². The van der Waals surface area contributed by atoms with Crippen molar-refractivity contribution in [2.45, 2.75) is 26.0 Å². The molecule has 0 saturated heterocycles. The molecule has 24 heavy (non-hydrogen) atoms. The van der Waals surface area contributed by atoms with E-state index in [0.717, 1.165) is 5.56 Å². The molecule has 2 aromatic rings. The van der Waals surface area contributed by atoms with Gasteiger partial charge in [0.25, 0.3) is 5.91 Å². The number of carbonyl (C=O) groups is 2. The van der Waals surface area contributed by atoms with E-state index in [1.54, 1.807) is 49.4 Å². The summed E-state index contributed by atoms with van der Waals surface area (Å²) in [5.41, 5.74) is 1.15. The first-order valence-electron chi connectivity index (χ1n) is 7.38. The zero-order valence-corrected chi connectivity index (χ0v) is 14.8. The third-order valence-electron chi connectivity index (χ3n) is 3.51. The van der Waals surface area contributed by atoms with Crippen LogP contribution in [0.3, 0.4) is 0 Å². The van der Waals surface area contributed by atoms with Crippen LogP contribution in [0.2, 0.25) is 10.0 Å². The van der Waals surface area contributed by atoms with Crippen molar-refractivity contribution in [3.8, 4) is 5.75 Å². The second kappa shape index (κ2) is 8.18. The Morgan fingerprint density at radius 3 is 2.54 bits per heavy atom. The first kappa shape index (κ1) is 18.3. The fraction of sp³-hybridized carbons (Fsp3) is 0.222. The molecule has 0 radical (unpaired) electrons. The van der Waals surface area contributed by atoms with Gasteiger partial charge in [0, 0.05) is 10.0 Å². The molecule has 1 N–H and O–H groups in total. The zero-order chi connectivity index (χ0) is 17.7. The number of hydrogen-bond acceptors (Lipinski definition) is 3. The lowest BCUT2D eigenvalue weighted by molar-refractivity contribution is -0.127. The van der Waals surface area contributed by atoms with E-state index in [2.05, 4.69) is 5.32 Å². The van der Waals surface area contributed by atoms with Crippen LogP contribution in [-0.2, 0) is 4.79 Å². The van der Waals surface area contributed by atoms with Gasteiger partial charge in [0.1, 0.15) is 5.75 Å². The van der Waals surface area contributed by atoms with Crippen molar-refractivity contribution < 1.29 is 14.3 Å². The minimum absolute atomic E-state index is 0.311. The Labute approximate surface area is 150 Å². The topological polar surface area (TPSA) is 55.4 Å². The maximum atomic E-state index is 12.3. The van der Waals surface area contributed by atoms with Gasteiger partial charge in [0.2, 0.25) is 0 Å². The molecule has 0 bridgehead atoms. The van der Waals surface area contributed by atoms with E-state index in [4.69, 9.17) is 27.9 Å². The normalized spacial score (nSPS) is 13.0. The standard InChI is InChI=1S/C18H17Cl2NO3/c1-11(15-8-7-14(19)9-16(15)20)21-18(23)12(2)24-17-6-4-3-5-13(17)10-22/h3-12H,1-2H3,(H,21,23)/t11-,12+/m0/s1. The van der Waals surface area contributed by atoms with Crippen LogP contribution in [0.1, 0.15) is 35.8 Å². The maximum Gasteiger partial charge on any atom is 0.261 e. The van der Waals surface area contributed by atoms with Crippen molar-refractivity contribution >= 4 is 35.4 Å². The minimum atomic E-state index is -0.764. The Balaban J connectivity index is 2.04. The highest BCUT2D eigenvalue weighted by Crippen LogP contribution is 2.26. The van der Waals surface area contributed by atoms with E-state index >= 15 is 0 Å². The lowest BCUT2D eigenvalue weighted by atomic mass is 10.1. The SMILES string of the molecule is C[C@H](NC(=O)[C@@H](C)Oc1ccccc1C=O)c1ccc(Cl)cc1Cl. The quantitative estimate of drug-likeness (QED) is 0.769. The zero-order valence-electron chi connectivity index (χ0n) is 13.3. The minimum Gasteiger partial charge on any atom is -0.480 e. The molecule has 0 spiro atoms. The summed E-state index contributed by atoms with van der Waals surface area (Å²) in [4.78, 5) is 23.3. The van der Waals surface area contributed by atoms with Crippen LogP contribution in [0, 0.1) is 0 Å². The van der Waals surface area contributed by atoms with E-state index in [0.29, 0.717) is 27.6 Å². The van der Waals surface area contributed by atoms with Crippen molar-refractivity contribution in [1.82, 2.24) is 5.32 Å². The highest BCUT2D eigenvalue weighted by atomic mass is 35.5. The molecule has 6 heteroatoms. The number of amides is 1. The summed E-state index contributed by atoms with van der Waals surface area (Å²) in [6.45, 7) is 3.44. The first-order valence-corrected chi connectivity index (χ1v) is 8.14. The van der Waals surface area contributed by atoms with Gasteiger partial charge in [0.05, 0.1) is 11.6 Å². The number of benzene rings is 2. The van der Waals surface area contributed by atoms with Crippen molar-refractivity contribution in [3.05, 3.63) is 63.6 Å². The number of halogens is 2. The summed E-state index contributed by atoms with van der Waals surface area (Å²) in [5.74, 6) is 0.0570. The third kappa shape index (κ3) is 4.49. The Morgan fingerprint density at radius 1 is 1.17 bits per heavy atom. The van der Waals surface area contributed by atoms with Gasteiger partial charge in [-0.2, -0.15) is 0 Å². The van der Waals surface area contributed by atoms with Crippen LogP contribution in [-0.4, -0.2) is 18.3 Å². The van der Waals surface area contributed by atoms with E-state index < -0.39 is 6.10 Å². The van der Waals surface area contributed by atoms with E-state index in [1.807, 2.05) is 6.92 Å². The van der Waals surface area contributed by atoms with Gasteiger partial charge >= 0.3 is 0 Å². The predicted octanol–water partition coefficient (Wildman–Crippen LogP) is 4.45. The molecular weight excluding hydrogens is 349 g/mol. The van der Waals surface area contributed by atoms with Crippen LogP contribution in [0.25, 0.3) is 0 Å². The van der Waals surface area contributed by atoms with E-state index in [1.165, 1.54) is 0 Å². The van der Waals surface area contributed by atoms with Crippen molar-refractivity contribution in [2.75, 3.05) is 0 Å². The molecule has 0 aliphatic heterocycles. The van der Waals surface area contributed by atoms with Crippen molar-refractivity contribution in [1.29, 1.82) is 0 Å². The molecule has 4 nitrogen and oxygen atoms in total. The number of carbonyl (C=O) groups excluding carboxylic acids is 2. The average molecular weight is 366 g/mol. The average Bonchev–Trinajstić information content (AvgIpc) is 2.55. The molecule has 0 aliphatic carbocycles. The Hall–Kier alpha value is -2.04. The van der Waals surface area contributed by atoms with Gasteiger partial charge in [-0.15, -0.1) is 0 Å². The van der Waals surface area contributed by atoms with Crippen LogP contribution in [0.5, 0.6) is 5.75 Å². The number of nitrogens with one attached hydrogen (secondary N) is 1. The Morgan fingerprint density at radius 2 is 1.88 bits per heavy atom. The van der Waals surface area contributed by atoms with E-state index in [-0.39, 0.29) is 11.9 Å². The molecule has 0 aliphatic rings. The second-order valence-corrected chi connectivity index (χ2v) is 6.16.